The van der Waals surface area contributed by atoms with Crippen LogP contribution in [0.3, 0.4) is 0 Å². The SMILES string of the molecule is O=C1C=C(CC(=O)NCCCCCCNC(=O)CC2=CC(=O)NC2=O)C(=O)N1. The second-order valence-electron chi connectivity index (χ2n) is 6.44. The van der Waals surface area contributed by atoms with Crippen LogP contribution in [-0.2, 0) is 28.8 Å². The minimum absolute atomic E-state index is 0.121. The van der Waals surface area contributed by atoms with Gasteiger partial charge < -0.3 is 10.6 Å². The molecule has 0 aromatic carbocycles. The third kappa shape index (κ3) is 6.78. The van der Waals surface area contributed by atoms with Gasteiger partial charge in [0, 0.05) is 36.4 Å². The standard InChI is InChI=1S/C18H22N4O6/c23-13(7-11-9-15(25)21-17(11)27)19-5-3-1-2-4-6-20-14(24)8-12-10-16(26)22-18(12)28/h9-10H,1-8H2,(H,19,23)(H,20,24)(H,21,25,27)(H,22,26,28). The normalized spacial score (nSPS) is 15.7. The van der Waals surface area contributed by atoms with E-state index in [1.165, 1.54) is 0 Å². The molecule has 0 aromatic rings. The van der Waals surface area contributed by atoms with Crippen molar-refractivity contribution in [3.8, 4) is 0 Å². The van der Waals surface area contributed by atoms with Gasteiger partial charge in [0.25, 0.3) is 23.6 Å². The van der Waals surface area contributed by atoms with Crippen molar-refractivity contribution in [1.29, 1.82) is 0 Å². The van der Waals surface area contributed by atoms with Crippen molar-refractivity contribution in [3.05, 3.63) is 23.3 Å². The van der Waals surface area contributed by atoms with Crippen LogP contribution in [0.4, 0.5) is 0 Å². The summed E-state index contributed by atoms with van der Waals surface area (Å²) in [5, 5.41) is 9.54. The lowest BCUT2D eigenvalue weighted by Crippen LogP contribution is -2.28. The summed E-state index contributed by atoms with van der Waals surface area (Å²) in [7, 11) is 0. The van der Waals surface area contributed by atoms with Crippen molar-refractivity contribution in [1.82, 2.24) is 21.3 Å². The largest absolute Gasteiger partial charge is 0.356 e. The highest BCUT2D eigenvalue weighted by molar-refractivity contribution is 6.18. The summed E-state index contributed by atoms with van der Waals surface area (Å²) in [6.45, 7) is 0.927. The van der Waals surface area contributed by atoms with Gasteiger partial charge in [0.05, 0.1) is 12.8 Å². The number of unbranched alkanes of at least 4 members (excludes halogenated alkanes) is 3. The maximum Gasteiger partial charge on any atom is 0.254 e. The Morgan fingerprint density at radius 1 is 0.679 bits per heavy atom. The zero-order valence-corrected chi connectivity index (χ0v) is 15.3. The summed E-state index contributed by atoms with van der Waals surface area (Å²) in [6, 6.07) is 0. The van der Waals surface area contributed by atoms with Crippen LogP contribution in [0.15, 0.2) is 23.3 Å². The first-order valence-electron chi connectivity index (χ1n) is 9.00. The van der Waals surface area contributed by atoms with Gasteiger partial charge >= 0.3 is 0 Å². The first kappa shape index (κ1) is 21.0. The molecule has 0 spiro atoms. The van der Waals surface area contributed by atoms with E-state index in [1.807, 2.05) is 0 Å². The molecule has 0 aliphatic carbocycles. The van der Waals surface area contributed by atoms with Gasteiger partial charge in [-0.3, -0.25) is 39.4 Å². The maximum absolute atomic E-state index is 11.7. The van der Waals surface area contributed by atoms with E-state index < -0.39 is 23.6 Å². The first-order valence-corrected chi connectivity index (χ1v) is 9.00. The van der Waals surface area contributed by atoms with Crippen molar-refractivity contribution in [2.75, 3.05) is 13.1 Å². The summed E-state index contributed by atoms with van der Waals surface area (Å²) in [5.41, 5.74) is 0.321. The van der Waals surface area contributed by atoms with E-state index in [2.05, 4.69) is 21.3 Å². The van der Waals surface area contributed by atoms with Gasteiger partial charge in [0.15, 0.2) is 0 Å². The third-order valence-electron chi connectivity index (χ3n) is 4.12. The Morgan fingerprint density at radius 3 is 1.39 bits per heavy atom. The first-order chi connectivity index (χ1) is 13.3. The fourth-order valence-corrected chi connectivity index (χ4v) is 2.70. The molecule has 10 nitrogen and oxygen atoms in total. The molecule has 0 unspecified atom stereocenters. The van der Waals surface area contributed by atoms with Crippen LogP contribution < -0.4 is 21.3 Å². The van der Waals surface area contributed by atoms with Gasteiger partial charge in [0.2, 0.25) is 11.8 Å². The summed E-state index contributed by atoms with van der Waals surface area (Å²) >= 11 is 0. The number of carbonyl (C=O) groups is 6. The maximum atomic E-state index is 11.7. The number of imide groups is 2. The Kier molecular flexibility index (Phi) is 7.61. The number of hydrogen-bond acceptors (Lipinski definition) is 6. The molecule has 0 saturated heterocycles. The molecule has 2 heterocycles. The average Bonchev–Trinajstić information content (AvgIpc) is 3.10. The molecule has 2 aliphatic rings. The van der Waals surface area contributed by atoms with Gasteiger partial charge in [-0.15, -0.1) is 0 Å². The van der Waals surface area contributed by atoms with Crippen LogP contribution in [-0.4, -0.2) is 48.5 Å². The summed E-state index contributed by atoms with van der Waals surface area (Å²) in [4.78, 5) is 68.0. The van der Waals surface area contributed by atoms with Gasteiger partial charge in [-0.1, -0.05) is 12.8 Å². The third-order valence-corrected chi connectivity index (χ3v) is 4.12. The summed E-state index contributed by atoms with van der Waals surface area (Å²) in [5.74, 6) is -2.69. The summed E-state index contributed by atoms with van der Waals surface area (Å²) < 4.78 is 0. The van der Waals surface area contributed by atoms with Crippen molar-refractivity contribution in [2.24, 2.45) is 0 Å². The van der Waals surface area contributed by atoms with Crippen molar-refractivity contribution in [2.45, 2.75) is 38.5 Å². The van der Waals surface area contributed by atoms with Crippen molar-refractivity contribution < 1.29 is 28.8 Å². The van der Waals surface area contributed by atoms with Gasteiger partial charge in [-0.2, -0.15) is 0 Å². The fraction of sp³-hybridized carbons (Fsp3) is 0.444. The zero-order valence-electron chi connectivity index (χ0n) is 15.3. The van der Waals surface area contributed by atoms with E-state index in [4.69, 9.17) is 0 Å². The molecular formula is C18H22N4O6. The number of rotatable bonds is 11. The Morgan fingerprint density at radius 2 is 1.07 bits per heavy atom. The topological polar surface area (TPSA) is 151 Å². The van der Waals surface area contributed by atoms with Crippen LogP contribution in [0.25, 0.3) is 0 Å². The van der Waals surface area contributed by atoms with Crippen LogP contribution in [0.2, 0.25) is 0 Å². The molecule has 2 rings (SSSR count). The fourth-order valence-electron chi connectivity index (χ4n) is 2.70. The predicted molar refractivity (Wildman–Crippen MR) is 96.2 cm³/mol. The number of hydrogen-bond donors (Lipinski definition) is 4. The lowest BCUT2D eigenvalue weighted by molar-refractivity contribution is -0.126. The predicted octanol–water partition coefficient (Wildman–Crippen LogP) is -1.27. The average molecular weight is 390 g/mol. The minimum Gasteiger partial charge on any atom is -0.356 e. The molecule has 0 radical (unpaired) electrons. The Hall–Kier alpha value is -3.30. The number of carbonyl (C=O) groups excluding carboxylic acids is 6. The Bertz CT molecular complexity index is 704. The highest BCUT2D eigenvalue weighted by Gasteiger charge is 2.23. The van der Waals surface area contributed by atoms with Gasteiger partial charge in [-0.25, -0.2) is 0 Å². The van der Waals surface area contributed by atoms with Gasteiger partial charge in [-0.05, 0) is 12.8 Å². The van der Waals surface area contributed by atoms with E-state index in [1.54, 1.807) is 0 Å². The number of amides is 6. The minimum atomic E-state index is -0.529. The molecule has 0 bridgehead atoms. The molecule has 28 heavy (non-hydrogen) atoms. The molecule has 2 aliphatic heterocycles. The van der Waals surface area contributed by atoms with E-state index in [-0.39, 0.29) is 35.8 Å². The molecule has 0 aromatic heterocycles. The van der Waals surface area contributed by atoms with Crippen LogP contribution in [0.5, 0.6) is 0 Å². The van der Waals surface area contributed by atoms with Crippen molar-refractivity contribution in [3.63, 3.8) is 0 Å². The quantitative estimate of drug-likeness (QED) is 0.255. The molecule has 0 fully saturated rings. The molecule has 150 valence electrons. The lowest BCUT2D eigenvalue weighted by atomic mass is 10.1. The van der Waals surface area contributed by atoms with Crippen LogP contribution in [0.1, 0.15) is 38.5 Å². The molecule has 0 saturated carbocycles. The number of nitrogens with one attached hydrogen (secondary N) is 4. The monoisotopic (exact) mass is 390 g/mol. The Labute approximate surface area is 161 Å². The van der Waals surface area contributed by atoms with E-state index >= 15 is 0 Å². The Balaban J connectivity index is 1.46. The lowest BCUT2D eigenvalue weighted by Gasteiger charge is -2.06. The van der Waals surface area contributed by atoms with Gasteiger partial charge in [0.1, 0.15) is 0 Å². The second kappa shape index (κ2) is 10.1. The second-order valence-corrected chi connectivity index (χ2v) is 6.44. The molecular weight excluding hydrogens is 368 g/mol. The van der Waals surface area contributed by atoms with E-state index in [0.29, 0.717) is 13.1 Å². The molecule has 10 heteroatoms. The molecule has 4 N–H and O–H groups in total. The van der Waals surface area contributed by atoms with Crippen molar-refractivity contribution >= 4 is 35.4 Å². The molecule has 0 atom stereocenters. The summed E-state index contributed by atoms with van der Waals surface area (Å²) in [6.07, 6.45) is 5.21. The van der Waals surface area contributed by atoms with E-state index in [9.17, 15) is 28.8 Å². The smallest absolute Gasteiger partial charge is 0.254 e. The van der Waals surface area contributed by atoms with Crippen LogP contribution in [0, 0.1) is 0 Å². The molecule has 6 amide bonds. The highest BCUT2D eigenvalue weighted by atomic mass is 16.2. The van der Waals surface area contributed by atoms with E-state index in [0.717, 1.165) is 37.8 Å². The zero-order chi connectivity index (χ0) is 20.5. The van der Waals surface area contributed by atoms with Crippen LogP contribution >= 0.6 is 0 Å². The highest BCUT2D eigenvalue weighted by Crippen LogP contribution is 2.08.